The molecular formula is C18H26FN3O. The molecular weight excluding hydrogens is 293 g/mol. The highest BCUT2D eigenvalue weighted by molar-refractivity contribution is 5.80. The maximum absolute atomic E-state index is 14.1. The third-order valence-electron chi connectivity index (χ3n) is 4.76. The summed E-state index contributed by atoms with van der Waals surface area (Å²) in [4.78, 5) is 4.67. The molecule has 2 fully saturated rings. The number of nitrogens with one attached hydrogen (secondary N) is 2. The Morgan fingerprint density at radius 2 is 2.00 bits per heavy atom. The number of nitrogens with zero attached hydrogens (tertiary/aromatic N) is 1. The SMILES string of the molecule is CCNC(=NCC1(C)COC1)NCC1(c2ccccc2F)CC1. The summed E-state index contributed by atoms with van der Waals surface area (Å²) in [6.45, 7) is 8.05. The van der Waals surface area contributed by atoms with Gasteiger partial charge in [0.1, 0.15) is 5.82 Å². The predicted octanol–water partition coefficient (Wildman–Crippen LogP) is 2.45. The molecule has 2 N–H and O–H groups in total. The van der Waals surface area contributed by atoms with E-state index in [4.69, 9.17) is 4.74 Å². The number of aliphatic imine (C=N–C) groups is 1. The summed E-state index contributed by atoms with van der Waals surface area (Å²) in [7, 11) is 0. The predicted molar refractivity (Wildman–Crippen MR) is 90.2 cm³/mol. The second-order valence-corrected chi connectivity index (χ2v) is 7.11. The Morgan fingerprint density at radius 3 is 2.57 bits per heavy atom. The summed E-state index contributed by atoms with van der Waals surface area (Å²) < 4.78 is 19.3. The molecule has 0 amide bonds. The van der Waals surface area contributed by atoms with Gasteiger partial charge >= 0.3 is 0 Å². The van der Waals surface area contributed by atoms with Crippen LogP contribution in [0.1, 0.15) is 32.3 Å². The molecule has 0 atom stereocenters. The Labute approximate surface area is 137 Å². The molecule has 1 aliphatic carbocycles. The second-order valence-electron chi connectivity index (χ2n) is 7.11. The van der Waals surface area contributed by atoms with Crippen LogP contribution in [0.25, 0.3) is 0 Å². The third-order valence-corrected chi connectivity index (χ3v) is 4.76. The number of halogens is 1. The van der Waals surface area contributed by atoms with E-state index in [-0.39, 0.29) is 16.6 Å². The zero-order chi connectivity index (χ0) is 16.3. The van der Waals surface area contributed by atoms with E-state index in [0.717, 1.165) is 50.7 Å². The van der Waals surface area contributed by atoms with Crippen molar-refractivity contribution in [2.45, 2.75) is 32.1 Å². The summed E-state index contributed by atoms with van der Waals surface area (Å²) in [5.74, 6) is 0.705. The van der Waals surface area contributed by atoms with E-state index in [9.17, 15) is 4.39 Å². The highest BCUT2D eigenvalue weighted by Gasteiger charge is 2.45. The minimum atomic E-state index is -0.104. The van der Waals surface area contributed by atoms with Gasteiger partial charge < -0.3 is 15.4 Å². The average molecular weight is 319 g/mol. The van der Waals surface area contributed by atoms with Crippen molar-refractivity contribution < 1.29 is 9.13 Å². The fraction of sp³-hybridized carbons (Fsp3) is 0.611. The normalized spacial score (nSPS) is 21.4. The topological polar surface area (TPSA) is 45.7 Å². The van der Waals surface area contributed by atoms with Crippen molar-refractivity contribution >= 4 is 5.96 Å². The van der Waals surface area contributed by atoms with Gasteiger partial charge in [-0.15, -0.1) is 0 Å². The number of ether oxygens (including phenoxy) is 1. The minimum absolute atomic E-state index is 0.0784. The molecule has 5 heteroatoms. The van der Waals surface area contributed by atoms with Crippen LogP contribution < -0.4 is 10.6 Å². The lowest BCUT2D eigenvalue weighted by molar-refractivity contribution is -0.0945. The lowest BCUT2D eigenvalue weighted by atomic mass is 9.89. The van der Waals surface area contributed by atoms with Gasteiger partial charge in [0, 0.05) is 23.9 Å². The highest BCUT2D eigenvalue weighted by atomic mass is 19.1. The van der Waals surface area contributed by atoms with E-state index >= 15 is 0 Å². The molecule has 0 bridgehead atoms. The molecule has 1 heterocycles. The molecule has 0 spiro atoms. The molecule has 0 aromatic heterocycles. The smallest absolute Gasteiger partial charge is 0.191 e. The summed E-state index contributed by atoms with van der Waals surface area (Å²) in [6.07, 6.45) is 2.04. The van der Waals surface area contributed by atoms with Gasteiger partial charge in [-0.25, -0.2) is 4.39 Å². The largest absolute Gasteiger partial charge is 0.380 e. The molecule has 0 unspecified atom stereocenters. The molecule has 1 aromatic carbocycles. The van der Waals surface area contributed by atoms with Crippen molar-refractivity contribution in [2.75, 3.05) is 32.8 Å². The van der Waals surface area contributed by atoms with Crippen molar-refractivity contribution in [3.05, 3.63) is 35.6 Å². The molecule has 126 valence electrons. The zero-order valence-electron chi connectivity index (χ0n) is 14.0. The van der Waals surface area contributed by atoms with Crippen molar-refractivity contribution in [1.29, 1.82) is 0 Å². The molecule has 2 aliphatic rings. The van der Waals surface area contributed by atoms with Crippen molar-refractivity contribution in [3.63, 3.8) is 0 Å². The fourth-order valence-electron chi connectivity index (χ4n) is 2.99. The standard InChI is InChI=1S/C18H26FN3O/c1-3-20-16(21-10-17(2)12-23-13-17)22-11-18(8-9-18)14-6-4-5-7-15(14)19/h4-7H,3,8-13H2,1-2H3,(H2,20,21,22). The van der Waals surface area contributed by atoms with Crippen LogP contribution >= 0.6 is 0 Å². The second kappa shape index (κ2) is 6.48. The molecule has 4 nitrogen and oxygen atoms in total. The Morgan fingerprint density at radius 1 is 1.26 bits per heavy atom. The number of hydrogen-bond donors (Lipinski definition) is 2. The van der Waals surface area contributed by atoms with Crippen LogP contribution in [0.5, 0.6) is 0 Å². The first-order chi connectivity index (χ1) is 11.1. The minimum Gasteiger partial charge on any atom is -0.380 e. The Hall–Kier alpha value is -1.62. The van der Waals surface area contributed by atoms with Gasteiger partial charge in [0.2, 0.25) is 0 Å². The highest BCUT2D eigenvalue weighted by Crippen LogP contribution is 2.48. The maximum Gasteiger partial charge on any atom is 0.191 e. The quantitative estimate of drug-likeness (QED) is 0.625. The lowest BCUT2D eigenvalue weighted by Crippen LogP contribution is -2.45. The van der Waals surface area contributed by atoms with Crippen LogP contribution in [-0.4, -0.2) is 38.8 Å². The van der Waals surface area contributed by atoms with Crippen LogP contribution in [0.2, 0.25) is 0 Å². The van der Waals surface area contributed by atoms with Crippen molar-refractivity contribution in [2.24, 2.45) is 10.4 Å². The number of hydrogen-bond acceptors (Lipinski definition) is 2. The van der Waals surface area contributed by atoms with Gasteiger partial charge in [-0.05, 0) is 31.4 Å². The third kappa shape index (κ3) is 3.66. The van der Waals surface area contributed by atoms with Gasteiger partial charge in [-0.1, -0.05) is 25.1 Å². The van der Waals surface area contributed by atoms with Crippen molar-refractivity contribution in [3.8, 4) is 0 Å². The van der Waals surface area contributed by atoms with Gasteiger partial charge in [-0.3, -0.25) is 4.99 Å². The monoisotopic (exact) mass is 319 g/mol. The number of rotatable bonds is 6. The summed E-state index contributed by atoms with van der Waals surface area (Å²) in [5, 5.41) is 6.68. The first-order valence-corrected chi connectivity index (χ1v) is 8.42. The molecule has 1 aromatic rings. The number of benzene rings is 1. The van der Waals surface area contributed by atoms with Gasteiger partial charge in [0.05, 0.1) is 19.8 Å². The van der Waals surface area contributed by atoms with Crippen molar-refractivity contribution in [1.82, 2.24) is 10.6 Å². The maximum atomic E-state index is 14.1. The average Bonchev–Trinajstić information content (AvgIpc) is 3.29. The molecule has 1 saturated heterocycles. The first-order valence-electron chi connectivity index (χ1n) is 8.42. The van der Waals surface area contributed by atoms with E-state index in [0.29, 0.717) is 6.54 Å². The van der Waals surface area contributed by atoms with Gasteiger partial charge in [0.15, 0.2) is 5.96 Å². The molecule has 23 heavy (non-hydrogen) atoms. The van der Waals surface area contributed by atoms with E-state index < -0.39 is 0 Å². The Balaban J connectivity index is 1.62. The van der Waals surface area contributed by atoms with Crippen LogP contribution in [0.4, 0.5) is 4.39 Å². The molecule has 3 rings (SSSR count). The molecule has 1 saturated carbocycles. The van der Waals surface area contributed by atoms with Crippen LogP contribution in [0.15, 0.2) is 29.3 Å². The van der Waals surface area contributed by atoms with Crippen LogP contribution in [0.3, 0.4) is 0 Å². The fourth-order valence-corrected chi connectivity index (χ4v) is 2.99. The van der Waals surface area contributed by atoms with Gasteiger partial charge in [-0.2, -0.15) is 0 Å². The van der Waals surface area contributed by atoms with E-state index in [1.807, 2.05) is 12.1 Å². The Bertz CT molecular complexity index is 579. The first kappa shape index (κ1) is 16.2. The number of guanidine groups is 1. The van der Waals surface area contributed by atoms with E-state index in [1.165, 1.54) is 0 Å². The van der Waals surface area contributed by atoms with E-state index in [1.54, 1.807) is 12.1 Å². The van der Waals surface area contributed by atoms with Gasteiger partial charge in [0.25, 0.3) is 0 Å². The lowest BCUT2D eigenvalue weighted by Gasteiger charge is -2.36. The zero-order valence-corrected chi connectivity index (χ0v) is 14.0. The van der Waals surface area contributed by atoms with E-state index in [2.05, 4.69) is 29.5 Å². The summed E-state index contributed by atoms with van der Waals surface area (Å²) in [5.41, 5.74) is 0.901. The van der Waals surface area contributed by atoms with Crippen LogP contribution in [-0.2, 0) is 10.2 Å². The summed E-state index contributed by atoms with van der Waals surface area (Å²) in [6, 6.07) is 7.11. The molecule has 0 radical (unpaired) electrons. The Kier molecular flexibility index (Phi) is 4.57. The van der Waals surface area contributed by atoms with Crippen LogP contribution in [0, 0.1) is 11.2 Å². The molecule has 1 aliphatic heterocycles. The summed E-state index contributed by atoms with van der Waals surface area (Å²) >= 11 is 0.